The molecule has 0 bridgehead atoms. The van der Waals surface area contributed by atoms with E-state index in [2.05, 4.69) is 47.3 Å². The van der Waals surface area contributed by atoms with Gasteiger partial charge in [0.05, 0.1) is 6.21 Å². The van der Waals surface area contributed by atoms with E-state index in [1.165, 1.54) is 11.1 Å². The molecule has 1 saturated heterocycles. The predicted octanol–water partition coefficient (Wildman–Crippen LogP) is 3.29. The third-order valence-electron chi connectivity index (χ3n) is 3.64. The average Bonchev–Trinajstić information content (AvgIpc) is 3.09. The van der Waals surface area contributed by atoms with Crippen molar-refractivity contribution in [1.82, 2.24) is 14.9 Å². The maximum atomic E-state index is 5.66. The molecule has 1 aliphatic heterocycles. The van der Waals surface area contributed by atoms with Crippen LogP contribution in [0, 0.1) is 18.6 Å². The summed E-state index contributed by atoms with van der Waals surface area (Å²) < 4.78 is 7.81. The molecule has 1 aromatic carbocycles. The number of rotatable bonds is 3. The number of aromatic amines is 1. The van der Waals surface area contributed by atoms with Crippen molar-refractivity contribution in [2.75, 3.05) is 6.61 Å². The predicted molar refractivity (Wildman–Crippen MR) is 84.2 cm³/mol. The van der Waals surface area contributed by atoms with Crippen molar-refractivity contribution >= 4 is 18.4 Å². The van der Waals surface area contributed by atoms with Crippen LogP contribution >= 0.6 is 12.2 Å². The van der Waals surface area contributed by atoms with Crippen molar-refractivity contribution in [3.8, 4) is 0 Å². The highest BCUT2D eigenvalue weighted by molar-refractivity contribution is 7.71. The summed E-state index contributed by atoms with van der Waals surface area (Å²) in [5.74, 6) is 0.749. The summed E-state index contributed by atoms with van der Waals surface area (Å²) in [6.07, 6.45) is 3.81. The van der Waals surface area contributed by atoms with Gasteiger partial charge in [-0.15, -0.1) is 0 Å². The smallest absolute Gasteiger partial charge is 0.216 e. The van der Waals surface area contributed by atoms with E-state index in [0.717, 1.165) is 30.8 Å². The van der Waals surface area contributed by atoms with Gasteiger partial charge >= 0.3 is 0 Å². The van der Waals surface area contributed by atoms with Crippen LogP contribution < -0.4 is 0 Å². The highest BCUT2D eigenvalue weighted by atomic mass is 32.1. The Morgan fingerprint density at radius 2 is 2.33 bits per heavy atom. The molecule has 6 heteroatoms. The normalized spacial score (nSPS) is 18.7. The standard InChI is InChI=1S/C15H18N4OS/c1-10-5-6-11(2)12(8-10)9-16-19-14(17-18-15(19)21)13-4-3-7-20-13/h5-6,8-9,13H,3-4,7H2,1-2H3,(H,18,21)/b16-9-/t13-/m0/s1. The van der Waals surface area contributed by atoms with E-state index < -0.39 is 0 Å². The number of hydrogen-bond acceptors (Lipinski definition) is 4. The second kappa shape index (κ2) is 5.91. The van der Waals surface area contributed by atoms with Crippen LogP contribution in [0.25, 0.3) is 0 Å². The molecule has 0 unspecified atom stereocenters. The molecule has 0 saturated carbocycles. The van der Waals surface area contributed by atoms with E-state index in [0.29, 0.717) is 4.77 Å². The van der Waals surface area contributed by atoms with Gasteiger partial charge in [0.1, 0.15) is 6.10 Å². The third-order valence-corrected chi connectivity index (χ3v) is 3.90. The summed E-state index contributed by atoms with van der Waals surface area (Å²) in [5, 5.41) is 11.6. The van der Waals surface area contributed by atoms with Crippen molar-refractivity contribution < 1.29 is 4.74 Å². The van der Waals surface area contributed by atoms with E-state index in [1.54, 1.807) is 4.68 Å². The lowest BCUT2D eigenvalue weighted by atomic mass is 10.1. The van der Waals surface area contributed by atoms with Crippen molar-refractivity contribution in [2.24, 2.45) is 5.10 Å². The van der Waals surface area contributed by atoms with Crippen LogP contribution in [-0.4, -0.2) is 27.7 Å². The van der Waals surface area contributed by atoms with Crippen molar-refractivity contribution in [1.29, 1.82) is 0 Å². The van der Waals surface area contributed by atoms with Crippen LogP contribution in [0.15, 0.2) is 23.3 Å². The molecule has 0 amide bonds. The molecule has 1 aromatic heterocycles. The molecule has 1 atom stereocenters. The fourth-order valence-corrected chi connectivity index (χ4v) is 2.61. The Balaban J connectivity index is 1.94. The van der Waals surface area contributed by atoms with Crippen molar-refractivity contribution in [3.05, 3.63) is 45.5 Å². The van der Waals surface area contributed by atoms with Crippen LogP contribution in [0.1, 0.15) is 41.5 Å². The first-order valence-electron chi connectivity index (χ1n) is 7.05. The van der Waals surface area contributed by atoms with Gasteiger partial charge in [0.15, 0.2) is 5.82 Å². The topological polar surface area (TPSA) is 55.2 Å². The first kappa shape index (κ1) is 14.2. The number of benzene rings is 1. The Morgan fingerprint density at radius 3 is 3.10 bits per heavy atom. The summed E-state index contributed by atoms with van der Waals surface area (Å²) in [7, 11) is 0. The van der Waals surface area contributed by atoms with Gasteiger partial charge in [-0.05, 0) is 50.0 Å². The van der Waals surface area contributed by atoms with Crippen molar-refractivity contribution in [2.45, 2.75) is 32.8 Å². The summed E-state index contributed by atoms with van der Waals surface area (Å²) in [5.41, 5.74) is 3.46. The zero-order valence-electron chi connectivity index (χ0n) is 12.2. The monoisotopic (exact) mass is 302 g/mol. The molecule has 0 spiro atoms. The molecule has 5 nitrogen and oxygen atoms in total. The van der Waals surface area contributed by atoms with Gasteiger partial charge in [-0.3, -0.25) is 5.10 Å². The second-order valence-electron chi connectivity index (χ2n) is 5.31. The fraction of sp³-hybridized carbons (Fsp3) is 0.400. The maximum Gasteiger partial charge on any atom is 0.216 e. The lowest BCUT2D eigenvalue weighted by molar-refractivity contribution is 0.102. The SMILES string of the molecule is Cc1ccc(C)c(/C=N\n2c([C@@H]3CCCO3)n[nH]c2=S)c1. The highest BCUT2D eigenvalue weighted by Gasteiger charge is 2.23. The molecule has 3 rings (SSSR count). The van der Waals surface area contributed by atoms with Crippen molar-refractivity contribution in [3.63, 3.8) is 0 Å². The van der Waals surface area contributed by atoms with Gasteiger partial charge in [0, 0.05) is 6.61 Å². The lowest BCUT2D eigenvalue weighted by Gasteiger charge is -2.07. The van der Waals surface area contributed by atoms with E-state index in [4.69, 9.17) is 17.0 Å². The quantitative estimate of drug-likeness (QED) is 0.699. The Labute approximate surface area is 128 Å². The Kier molecular flexibility index (Phi) is 3.98. The maximum absolute atomic E-state index is 5.66. The summed E-state index contributed by atoms with van der Waals surface area (Å²) >= 11 is 5.26. The van der Waals surface area contributed by atoms with Gasteiger partial charge in [-0.25, -0.2) is 0 Å². The first-order valence-corrected chi connectivity index (χ1v) is 7.46. The number of H-pyrrole nitrogens is 1. The van der Waals surface area contributed by atoms with Gasteiger partial charge in [-0.1, -0.05) is 23.8 Å². The molecule has 2 aromatic rings. The Hall–Kier alpha value is -1.79. The number of aryl methyl sites for hydroxylation is 2. The third kappa shape index (κ3) is 2.96. The second-order valence-corrected chi connectivity index (χ2v) is 5.69. The largest absolute Gasteiger partial charge is 0.370 e. The van der Waals surface area contributed by atoms with Crippen LogP contribution in [0.2, 0.25) is 0 Å². The first-order chi connectivity index (χ1) is 10.1. The van der Waals surface area contributed by atoms with Crippen LogP contribution in [0.3, 0.4) is 0 Å². The zero-order valence-corrected chi connectivity index (χ0v) is 13.0. The number of nitrogens with zero attached hydrogens (tertiary/aromatic N) is 3. The molecule has 1 aliphatic rings. The highest BCUT2D eigenvalue weighted by Crippen LogP contribution is 2.26. The van der Waals surface area contributed by atoms with Gasteiger partial charge in [-0.2, -0.15) is 14.9 Å². The Bertz CT molecular complexity index is 726. The minimum atomic E-state index is -0.0197. The summed E-state index contributed by atoms with van der Waals surface area (Å²) in [6.45, 7) is 4.90. The molecule has 2 heterocycles. The van der Waals surface area contributed by atoms with Crippen LogP contribution in [0.4, 0.5) is 0 Å². The molecule has 110 valence electrons. The molecular formula is C15H18N4OS. The van der Waals surface area contributed by atoms with Gasteiger partial charge in [0.25, 0.3) is 0 Å². The number of nitrogens with one attached hydrogen (secondary N) is 1. The molecule has 0 radical (unpaired) electrons. The molecule has 21 heavy (non-hydrogen) atoms. The van der Waals surface area contributed by atoms with Gasteiger partial charge in [0.2, 0.25) is 4.77 Å². The molecule has 0 aliphatic carbocycles. The minimum absolute atomic E-state index is 0.0197. The molecule has 1 N–H and O–H groups in total. The van der Waals surface area contributed by atoms with Crippen LogP contribution in [0.5, 0.6) is 0 Å². The van der Waals surface area contributed by atoms with Crippen LogP contribution in [-0.2, 0) is 4.74 Å². The summed E-state index contributed by atoms with van der Waals surface area (Å²) in [4.78, 5) is 0. The van der Waals surface area contributed by atoms with E-state index in [-0.39, 0.29) is 6.10 Å². The summed E-state index contributed by atoms with van der Waals surface area (Å²) in [6, 6.07) is 6.29. The Morgan fingerprint density at radius 1 is 1.48 bits per heavy atom. The number of aromatic nitrogens is 3. The van der Waals surface area contributed by atoms with E-state index in [1.807, 2.05) is 6.21 Å². The van der Waals surface area contributed by atoms with E-state index in [9.17, 15) is 0 Å². The minimum Gasteiger partial charge on any atom is -0.370 e. The lowest BCUT2D eigenvalue weighted by Crippen LogP contribution is -2.05. The zero-order chi connectivity index (χ0) is 14.8. The number of hydrogen-bond donors (Lipinski definition) is 1. The number of ether oxygens (including phenoxy) is 1. The molecule has 1 fully saturated rings. The molecular weight excluding hydrogens is 284 g/mol. The van der Waals surface area contributed by atoms with Gasteiger partial charge < -0.3 is 4.74 Å². The average molecular weight is 302 g/mol. The van der Waals surface area contributed by atoms with E-state index >= 15 is 0 Å². The fourth-order valence-electron chi connectivity index (χ4n) is 2.42.